The Kier molecular flexibility index (Phi) is 4.37. The molecule has 8 nitrogen and oxygen atoms in total. The largest absolute Gasteiger partial charge is 0.463 e. The van der Waals surface area contributed by atoms with Gasteiger partial charge in [0.25, 0.3) is 11.5 Å². The summed E-state index contributed by atoms with van der Waals surface area (Å²) < 4.78 is 11.1. The number of nitrogens with zero attached hydrogens (tertiary/aromatic N) is 2. The number of hydrogen-bond acceptors (Lipinski definition) is 6. The molecule has 0 fully saturated rings. The van der Waals surface area contributed by atoms with E-state index in [2.05, 4.69) is 14.8 Å². The third-order valence-electron chi connectivity index (χ3n) is 3.21. The van der Waals surface area contributed by atoms with Crippen molar-refractivity contribution in [2.24, 2.45) is 0 Å². The number of amides is 1. The predicted octanol–water partition coefficient (Wildman–Crippen LogP) is 0.887. The normalized spacial score (nSPS) is 10.5. The van der Waals surface area contributed by atoms with Gasteiger partial charge in [-0.25, -0.2) is 9.48 Å². The van der Waals surface area contributed by atoms with Gasteiger partial charge in [-0.2, -0.15) is 5.10 Å². The second kappa shape index (κ2) is 6.78. The van der Waals surface area contributed by atoms with Crippen molar-refractivity contribution in [1.82, 2.24) is 15.1 Å². The van der Waals surface area contributed by atoms with Gasteiger partial charge in [0.1, 0.15) is 12.0 Å². The minimum absolute atomic E-state index is 0.187. The van der Waals surface area contributed by atoms with E-state index in [-0.39, 0.29) is 24.2 Å². The molecule has 0 saturated heterocycles. The van der Waals surface area contributed by atoms with Crippen LogP contribution in [0.1, 0.15) is 10.4 Å². The third-order valence-corrected chi connectivity index (χ3v) is 3.21. The lowest BCUT2D eigenvalue weighted by molar-refractivity contribution is 0.0949. The standard InChI is InChI=1S/C16H13N3O5/c20-14-5-4-12(13-2-1-9-23-13)18-19(14)8-7-17-16(22)11-3-6-15(21)24-10-11/h1-6,9-10H,7-8H2,(H,17,22). The van der Waals surface area contributed by atoms with Gasteiger partial charge in [-0.05, 0) is 24.3 Å². The van der Waals surface area contributed by atoms with Crippen molar-refractivity contribution in [1.29, 1.82) is 0 Å². The molecule has 122 valence electrons. The van der Waals surface area contributed by atoms with Crippen LogP contribution in [0.15, 0.2) is 67.3 Å². The Bertz CT molecular complexity index is 936. The molecular formula is C16H13N3O5. The Balaban J connectivity index is 1.65. The summed E-state index contributed by atoms with van der Waals surface area (Å²) in [6.45, 7) is 0.377. The van der Waals surface area contributed by atoms with Crippen LogP contribution in [0.2, 0.25) is 0 Å². The lowest BCUT2D eigenvalue weighted by Gasteiger charge is -2.07. The van der Waals surface area contributed by atoms with Crippen LogP contribution >= 0.6 is 0 Å². The van der Waals surface area contributed by atoms with E-state index >= 15 is 0 Å². The summed E-state index contributed by atoms with van der Waals surface area (Å²) in [6, 6.07) is 8.95. The molecule has 3 aromatic rings. The first-order chi connectivity index (χ1) is 11.6. The van der Waals surface area contributed by atoms with Crippen LogP contribution in [0.4, 0.5) is 0 Å². The Morgan fingerprint density at radius 1 is 1.12 bits per heavy atom. The highest BCUT2D eigenvalue weighted by molar-refractivity contribution is 5.93. The molecule has 0 aliphatic carbocycles. The molecule has 3 aromatic heterocycles. The lowest BCUT2D eigenvalue weighted by atomic mass is 10.3. The molecule has 24 heavy (non-hydrogen) atoms. The first-order valence-electron chi connectivity index (χ1n) is 7.12. The van der Waals surface area contributed by atoms with E-state index in [1.54, 1.807) is 18.2 Å². The molecular weight excluding hydrogens is 314 g/mol. The summed E-state index contributed by atoms with van der Waals surface area (Å²) in [5.41, 5.74) is -0.0719. The van der Waals surface area contributed by atoms with Gasteiger partial charge >= 0.3 is 5.63 Å². The SMILES string of the molecule is O=C(NCCn1nc(-c2ccco2)ccc1=O)c1ccc(=O)oc1. The minimum atomic E-state index is -0.531. The first kappa shape index (κ1) is 15.5. The fourth-order valence-corrected chi connectivity index (χ4v) is 2.03. The zero-order valence-corrected chi connectivity index (χ0v) is 12.5. The summed E-state index contributed by atoms with van der Waals surface area (Å²) in [6.07, 6.45) is 2.60. The van der Waals surface area contributed by atoms with Crippen LogP contribution in [0.5, 0.6) is 0 Å². The highest BCUT2D eigenvalue weighted by Gasteiger charge is 2.08. The molecule has 0 aliphatic rings. The van der Waals surface area contributed by atoms with Crippen molar-refractivity contribution < 1.29 is 13.6 Å². The molecule has 0 aromatic carbocycles. The van der Waals surface area contributed by atoms with Crippen molar-refractivity contribution >= 4 is 5.91 Å². The van der Waals surface area contributed by atoms with Crippen molar-refractivity contribution in [3.8, 4) is 11.5 Å². The number of aromatic nitrogens is 2. The van der Waals surface area contributed by atoms with Crippen molar-refractivity contribution in [2.45, 2.75) is 6.54 Å². The van der Waals surface area contributed by atoms with Crippen LogP contribution < -0.4 is 16.5 Å². The number of furan rings is 1. The summed E-state index contributed by atoms with van der Waals surface area (Å²) in [5.74, 6) is 0.140. The molecule has 0 bridgehead atoms. The number of rotatable bonds is 5. The number of carbonyl (C=O) groups is 1. The molecule has 1 amide bonds. The maximum Gasteiger partial charge on any atom is 0.335 e. The smallest absolute Gasteiger partial charge is 0.335 e. The van der Waals surface area contributed by atoms with Gasteiger partial charge < -0.3 is 14.2 Å². The molecule has 0 aliphatic heterocycles. The summed E-state index contributed by atoms with van der Waals surface area (Å²) in [5, 5.41) is 6.82. The average Bonchev–Trinajstić information content (AvgIpc) is 3.11. The van der Waals surface area contributed by atoms with E-state index < -0.39 is 11.5 Å². The lowest BCUT2D eigenvalue weighted by Crippen LogP contribution is -2.32. The molecule has 1 N–H and O–H groups in total. The number of nitrogens with one attached hydrogen (secondary N) is 1. The minimum Gasteiger partial charge on any atom is -0.463 e. The maximum atomic E-state index is 11.9. The van der Waals surface area contributed by atoms with Gasteiger partial charge in [-0.3, -0.25) is 9.59 Å². The maximum absolute atomic E-state index is 11.9. The summed E-state index contributed by atoms with van der Waals surface area (Å²) in [4.78, 5) is 34.6. The molecule has 0 radical (unpaired) electrons. The van der Waals surface area contributed by atoms with Crippen molar-refractivity contribution in [2.75, 3.05) is 6.54 Å². The molecule has 0 unspecified atom stereocenters. The van der Waals surface area contributed by atoms with Gasteiger partial charge in [0.05, 0.1) is 18.4 Å². The van der Waals surface area contributed by atoms with E-state index in [4.69, 9.17) is 4.42 Å². The topological polar surface area (TPSA) is 107 Å². The fraction of sp³-hybridized carbons (Fsp3) is 0.125. The number of hydrogen-bond donors (Lipinski definition) is 1. The zero-order chi connectivity index (χ0) is 16.9. The van der Waals surface area contributed by atoms with Gasteiger partial charge in [0.2, 0.25) is 0 Å². The monoisotopic (exact) mass is 327 g/mol. The quantitative estimate of drug-likeness (QED) is 0.745. The third kappa shape index (κ3) is 3.49. The fourth-order valence-electron chi connectivity index (χ4n) is 2.03. The van der Waals surface area contributed by atoms with Gasteiger partial charge in [0.15, 0.2) is 5.76 Å². The van der Waals surface area contributed by atoms with Gasteiger partial charge in [-0.15, -0.1) is 0 Å². The molecule has 0 atom stereocenters. The van der Waals surface area contributed by atoms with Crippen LogP contribution in [-0.2, 0) is 6.54 Å². The molecule has 8 heteroatoms. The Hall–Kier alpha value is -3.42. The molecule has 3 rings (SSSR count). The summed E-state index contributed by atoms with van der Waals surface area (Å²) in [7, 11) is 0. The second-order valence-electron chi connectivity index (χ2n) is 4.86. The van der Waals surface area contributed by atoms with Gasteiger partial charge in [-0.1, -0.05) is 0 Å². The summed E-state index contributed by atoms with van der Waals surface area (Å²) >= 11 is 0. The van der Waals surface area contributed by atoms with Crippen LogP contribution in [0, 0.1) is 0 Å². The first-order valence-corrected chi connectivity index (χ1v) is 7.12. The van der Waals surface area contributed by atoms with Crippen LogP contribution in [-0.4, -0.2) is 22.2 Å². The molecule has 3 heterocycles. The highest BCUT2D eigenvalue weighted by atomic mass is 16.4. The highest BCUT2D eigenvalue weighted by Crippen LogP contribution is 2.14. The zero-order valence-electron chi connectivity index (χ0n) is 12.5. The van der Waals surface area contributed by atoms with E-state index in [1.807, 2.05) is 0 Å². The van der Waals surface area contributed by atoms with E-state index in [0.29, 0.717) is 11.5 Å². The van der Waals surface area contributed by atoms with Crippen LogP contribution in [0.25, 0.3) is 11.5 Å². The van der Waals surface area contributed by atoms with E-state index in [1.165, 1.54) is 23.1 Å². The average molecular weight is 327 g/mol. The Morgan fingerprint density at radius 2 is 2.00 bits per heavy atom. The molecule has 0 spiro atoms. The second-order valence-corrected chi connectivity index (χ2v) is 4.86. The Morgan fingerprint density at radius 3 is 2.71 bits per heavy atom. The van der Waals surface area contributed by atoms with Crippen LogP contribution in [0.3, 0.4) is 0 Å². The van der Waals surface area contributed by atoms with E-state index in [9.17, 15) is 14.4 Å². The Labute approximate surface area is 135 Å². The molecule has 0 saturated carbocycles. The number of carbonyl (C=O) groups excluding carboxylic acids is 1. The van der Waals surface area contributed by atoms with Crippen molar-refractivity contribution in [3.05, 3.63) is 75.3 Å². The predicted molar refractivity (Wildman–Crippen MR) is 83.5 cm³/mol. The van der Waals surface area contributed by atoms with Crippen molar-refractivity contribution in [3.63, 3.8) is 0 Å². The van der Waals surface area contributed by atoms with E-state index in [0.717, 1.165) is 12.3 Å². The van der Waals surface area contributed by atoms with Gasteiger partial charge in [0, 0.05) is 18.7 Å².